The second-order valence-corrected chi connectivity index (χ2v) is 4.03. The van der Waals surface area contributed by atoms with Crippen LogP contribution in [0.15, 0.2) is 27.2 Å². The van der Waals surface area contributed by atoms with Crippen molar-refractivity contribution in [2.45, 2.75) is 26.7 Å². The summed E-state index contributed by atoms with van der Waals surface area (Å²) in [7, 11) is 0. The molecular weight excluding hydrogens is 216 g/mol. The number of aryl methyl sites for hydroxylation is 1. The number of furan rings is 1. The van der Waals surface area contributed by atoms with E-state index in [2.05, 4.69) is 17.2 Å². The van der Waals surface area contributed by atoms with Crippen molar-refractivity contribution in [1.82, 2.24) is 10.3 Å². The predicted molar refractivity (Wildman–Crippen MR) is 65.8 cm³/mol. The molecule has 2 aromatic heterocycles. The molecule has 4 nitrogen and oxygen atoms in total. The van der Waals surface area contributed by atoms with Crippen molar-refractivity contribution in [1.29, 1.82) is 0 Å². The Morgan fingerprint density at radius 3 is 2.76 bits per heavy atom. The summed E-state index contributed by atoms with van der Waals surface area (Å²) in [6, 6.07) is 3.81. The Kier molecular flexibility index (Phi) is 3.98. The number of hydrogen-bond donors (Lipinski definition) is 1. The van der Waals surface area contributed by atoms with Gasteiger partial charge in [-0.3, -0.25) is 0 Å². The zero-order valence-electron chi connectivity index (χ0n) is 10.3. The fourth-order valence-electron chi connectivity index (χ4n) is 1.60. The highest BCUT2D eigenvalue weighted by molar-refractivity contribution is 5.48. The Bertz CT molecular complexity index is 459. The van der Waals surface area contributed by atoms with E-state index >= 15 is 0 Å². The smallest absolute Gasteiger partial charge is 0.196 e. The molecule has 0 radical (unpaired) electrons. The minimum absolute atomic E-state index is 0.698. The highest BCUT2D eigenvalue weighted by Crippen LogP contribution is 2.22. The van der Waals surface area contributed by atoms with Crippen LogP contribution in [0.3, 0.4) is 0 Å². The molecule has 0 aliphatic rings. The topological polar surface area (TPSA) is 51.2 Å². The summed E-state index contributed by atoms with van der Waals surface area (Å²) in [5.41, 5.74) is 0. The number of nitrogens with zero attached hydrogens (tertiary/aromatic N) is 1. The van der Waals surface area contributed by atoms with Crippen LogP contribution in [-0.4, -0.2) is 18.1 Å². The molecule has 17 heavy (non-hydrogen) atoms. The second kappa shape index (κ2) is 5.68. The van der Waals surface area contributed by atoms with E-state index in [0.717, 1.165) is 43.3 Å². The van der Waals surface area contributed by atoms with E-state index in [1.165, 1.54) is 0 Å². The maximum Gasteiger partial charge on any atom is 0.196 e. The summed E-state index contributed by atoms with van der Waals surface area (Å²) < 4.78 is 11.1. The van der Waals surface area contributed by atoms with Gasteiger partial charge in [-0.2, -0.15) is 0 Å². The third-order valence-corrected chi connectivity index (χ3v) is 2.48. The molecule has 0 unspecified atom stereocenters. The average Bonchev–Trinajstić information content (AvgIpc) is 2.93. The van der Waals surface area contributed by atoms with E-state index in [1.54, 1.807) is 6.20 Å². The lowest BCUT2D eigenvalue weighted by Gasteiger charge is -1.98. The summed E-state index contributed by atoms with van der Waals surface area (Å²) in [5, 5.41) is 3.31. The van der Waals surface area contributed by atoms with Crippen LogP contribution < -0.4 is 5.32 Å². The lowest BCUT2D eigenvalue weighted by Crippen LogP contribution is -2.17. The van der Waals surface area contributed by atoms with Crippen molar-refractivity contribution in [3.05, 3.63) is 30.0 Å². The largest absolute Gasteiger partial charge is 0.458 e. The van der Waals surface area contributed by atoms with E-state index in [9.17, 15) is 0 Å². The molecule has 2 aromatic rings. The molecule has 0 aliphatic heterocycles. The molecule has 4 heteroatoms. The van der Waals surface area contributed by atoms with E-state index < -0.39 is 0 Å². The first-order chi connectivity index (χ1) is 8.29. The molecule has 0 bridgehead atoms. The van der Waals surface area contributed by atoms with Gasteiger partial charge in [-0.1, -0.05) is 6.92 Å². The first kappa shape index (κ1) is 11.9. The SMILES string of the molecule is CCCNCCc1ncc(-c2ccc(C)o2)o1. The molecular formula is C13H18N2O2. The van der Waals surface area contributed by atoms with Crippen LogP contribution in [-0.2, 0) is 6.42 Å². The molecule has 2 heterocycles. The fourth-order valence-corrected chi connectivity index (χ4v) is 1.60. The van der Waals surface area contributed by atoms with Gasteiger partial charge in [-0.05, 0) is 32.0 Å². The molecule has 0 atom stereocenters. The van der Waals surface area contributed by atoms with Gasteiger partial charge in [0.1, 0.15) is 5.76 Å². The third-order valence-electron chi connectivity index (χ3n) is 2.48. The Morgan fingerprint density at radius 2 is 2.06 bits per heavy atom. The lowest BCUT2D eigenvalue weighted by molar-refractivity contribution is 0.469. The fraction of sp³-hybridized carbons (Fsp3) is 0.462. The number of hydrogen-bond acceptors (Lipinski definition) is 4. The van der Waals surface area contributed by atoms with Gasteiger partial charge in [0.15, 0.2) is 17.4 Å². The van der Waals surface area contributed by atoms with Crippen LogP contribution in [0.25, 0.3) is 11.5 Å². The molecule has 0 saturated carbocycles. The Balaban J connectivity index is 1.92. The van der Waals surface area contributed by atoms with E-state index in [-0.39, 0.29) is 0 Å². The van der Waals surface area contributed by atoms with Crippen molar-refractivity contribution >= 4 is 0 Å². The maximum absolute atomic E-state index is 5.62. The van der Waals surface area contributed by atoms with Crippen molar-refractivity contribution in [3.63, 3.8) is 0 Å². The first-order valence-corrected chi connectivity index (χ1v) is 6.02. The molecule has 0 fully saturated rings. The molecule has 0 amide bonds. The number of aromatic nitrogens is 1. The van der Waals surface area contributed by atoms with Gasteiger partial charge in [0.2, 0.25) is 0 Å². The minimum Gasteiger partial charge on any atom is -0.458 e. The quantitative estimate of drug-likeness (QED) is 0.781. The van der Waals surface area contributed by atoms with Crippen LogP contribution >= 0.6 is 0 Å². The Morgan fingerprint density at radius 1 is 1.18 bits per heavy atom. The van der Waals surface area contributed by atoms with Gasteiger partial charge in [0, 0.05) is 13.0 Å². The molecule has 92 valence electrons. The maximum atomic E-state index is 5.62. The number of rotatable bonds is 6. The van der Waals surface area contributed by atoms with Crippen LogP contribution in [0.1, 0.15) is 25.0 Å². The Hall–Kier alpha value is -1.55. The summed E-state index contributed by atoms with van der Waals surface area (Å²) >= 11 is 0. The van der Waals surface area contributed by atoms with Crippen LogP contribution in [0.2, 0.25) is 0 Å². The van der Waals surface area contributed by atoms with Crippen molar-refractivity contribution in [2.75, 3.05) is 13.1 Å². The zero-order chi connectivity index (χ0) is 12.1. The van der Waals surface area contributed by atoms with Crippen LogP contribution in [0.4, 0.5) is 0 Å². The third kappa shape index (κ3) is 3.20. The minimum atomic E-state index is 0.698. The zero-order valence-corrected chi connectivity index (χ0v) is 10.3. The van der Waals surface area contributed by atoms with Gasteiger partial charge in [0.25, 0.3) is 0 Å². The van der Waals surface area contributed by atoms with E-state index in [0.29, 0.717) is 5.76 Å². The van der Waals surface area contributed by atoms with Crippen molar-refractivity contribution < 1.29 is 8.83 Å². The summed E-state index contributed by atoms with van der Waals surface area (Å²) in [5.74, 6) is 3.06. The second-order valence-electron chi connectivity index (χ2n) is 4.03. The Labute approximate surface area is 101 Å². The van der Waals surface area contributed by atoms with Crippen LogP contribution in [0, 0.1) is 6.92 Å². The highest BCUT2D eigenvalue weighted by Gasteiger charge is 2.09. The first-order valence-electron chi connectivity index (χ1n) is 6.02. The monoisotopic (exact) mass is 234 g/mol. The summed E-state index contributed by atoms with van der Waals surface area (Å²) in [6.07, 6.45) is 3.66. The lowest BCUT2D eigenvalue weighted by atomic mass is 10.4. The van der Waals surface area contributed by atoms with E-state index in [1.807, 2.05) is 19.1 Å². The molecule has 0 aromatic carbocycles. The van der Waals surface area contributed by atoms with Gasteiger partial charge >= 0.3 is 0 Å². The van der Waals surface area contributed by atoms with Gasteiger partial charge < -0.3 is 14.2 Å². The van der Waals surface area contributed by atoms with Gasteiger partial charge in [0.05, 0.1) is 6.20 Å². The van der Waals surface area contributed by atoms with Crippen LogP contribution in [0.5, 0.6) is 0 Å². The molecule has 0 spiro atoms. The number of nitrogens with one attached hydrogen (secondary N) is 1. The molecule has 2 rings (SSSR count). The summed E-state index contributed by atoms with van der Waals surface area (Å²) in [6.45, 7) is 5.99. The normalized spacial score (nSPS) is 10.9. The standard InChI is InChI=1S/C13H18N2O2/c1-3-7-14-8-6-13-15-9-12(17-13)11-5-4-10(2)16-11/h4-5,9,14H,3,6-8H2,1-2H3. The van der Waals surface area contributed by atoms with E-state index in [4.69, 9.17) is 8.83 Å². The van der Waals surface area contributed by atoms with Crippen molar-refractivity contribution in [2.24, 2.45) is 0 Å². The average molecular weight is 234 g/mol. The number of oxazole rings is 1. The molecule has 1 N–H and O–H groups in total. The molecule has 0 saturated heterocycles. The predicted octanol–water partition coefficient (Wildman–Crippen LogP) is 2.79. The van der Waals surface area contributed by atoms with Gasteiger partial charge in [-0.25, -0.2) is 4.98 Å². The highest BCUT2D eigenvalue weighted by atomic mass is 16.4. The molecule has 0 aliphatic carbocycles. The summed E-state index contributed by atoms with van der Waals surface area (Å²) in [4.78, 5) is 4.23. The van der Waals surface area contributed by atoms with Gasteiger partial charge in [-0.15, -0.1) is 0 Å². The van der Waals surface area contributed by atoms with Crippen molar-refractivity contribution in [3.8, 4) is 11.5 Å².